The second-order valence-electron chi connectivity index (χ2n) is 19.3. The Morgan fingerprint density at radius 2 is 0.610 bits per heavy atom. The van der Waals surface area contributed by atoms with Crippen molar-refractivity contribution in [3.63, 3.8) is 0 Å². The number of aromatic nitrogens is 8. The number of hydrogen-bond acceptors (Lipinski definition) is 6. The van der Waals surface area contributed by atoms with Crippen molar-refractivity contribution in [2.75, 3.05) is 0 Å². The number of benzene rings is 10. The van der Waals surface area contributed by atoms with Crippen LogP contribution < -0.4 is 0 Å². The van der Waals surface area contributed by atoms with E-state index in [9.17, 15) is 0 Å². The predicted octanol–water partition coefficient (Wildman–Crippen LogP) is 16.9. The summed E-state index contributed by atoms with van der Waals surface area (Å²) in [7, 11) is 0. The fourth-order valence-corrected chi connectivity index (χ4v) is 10.4. The summed E-state index contributed by atoms with van der Waals surface area (Å²) in [5, 5.41) is 4.82. The number of hydrogen-bond donors (Lipinski definition) is 0. The molecule has 366 valence electrons. The van der Waals surface area contributed by atoms with E-state index in [1.165, 1.54) is 54.8 Å². The summed E-state index contributed by atoms with van der Waals surface area (Å²) in [5.41, 5.74) is 16.7. The lowest BCUT2D eigenvalue weighted by molar-refractivity contribution is 0.954. The van der Waals surface area contributed by atoms with Crippen LogP contribution in [0.1, 0.15) is 17.0 Å². The third kappa shape index (κ3) is 8.87. The average Bonchev–Trinajstić information content (AvgIpc) is 4.19. The highest BCUT2D eigenvalue weighted by Crippen LogP contribution is 2.40. The third-order valence-corrected chi connectivity index (χ3v) is 14.2. The molecule has 0 spiro atoms. The zero-order valence-corrected chi connectivity index (χ0v) is 42.7. The summed E-state index contributed by atoms with van der Waals surface area (Å²) in [4.78, 5) is 29.0. The van der Waals surface area contributed by atoms with Gasteiger partial charge in [-0.25, -0.2) is 19.9 Å². The zero-order chi connectivity index (χ0) is 51.8. The highest BCUT2D eigenvalue weighted by molar-refractivity contribution is 6.15. The second-order valence-corrected chi connectivity index (χ2v) is 19.3. The van der Waals surface area contributed by atoms with Crippen molar-refractivity contribution in [2.24, 2.45) is 0 Å². The molecule has 10 aromatic carbocycles. The molecule has 77 heavy (non-hydrogen) atoms. The number of nitrogens with zero attached hydrogens (tertiary/aromatic N) is 8. The van der Waals surface area contributed by atoms with Crippen LogP contribution >= 0.6 is 0 Å². The van der Waals surface area contributed by atoms with Crippen molar-refractivity contribution in [3.8, 4) is 79.4 Å². The van der Waals surface area contributed by atoms with Crippen LogP contribution in [0.15, 0.2) is 249 Å². The maximum absolute atomic E-state index is 5.06. The number of aryl methyl sites for hydroxylation is 3. The molecule has 0 radical (unpaired) electrons. The highest BCUT2D eigenvalue weighted by atomic mass is 15.2. The summed E-state index contributed by atoms with van der Waals surface area (Å²) >= 11 is 0. The van der Waals surface area contributed by atoms with Crippen molar-refractivity contribution >= 4 is 43.6 Å². The number of fused-ring (bicyclic) bond motifs is 6. The molecule has 4 heterocycles. The van der Waals surface area contributed by atoms with E-state index in [1.54, 1.807) is 0 Å². The Bertz CT molecular complexity index is 4380. The average molecular weight is 991 g/mol. The molecule has 0 aliphatic carbocycles. The van der Waals surface area contributed by atoms with Gasteiger partial charge in [0.15, 0.2) is 23.3 Å². The van der Waals surface area contributed by atoms with Crippen LogP contribution in [0.2, 0.25) is 0 Å². The molecule has 14 aromatic rings. The fraction of sp³-hybridized carbons (Fsp3) is 0.0435. The molecule has 4 aromatic heterocycles. The van der Waals surface area contributed by atoms with Gasteiger partial charge in [-0.05, 0) is 68.3 Å². The van der Waals surface area contributed by atoms with Gasteiger partial charge in [-0.2, -0.15) is 9.97 Å². The summed E-state index contributed by atoms with van der Waals surface area (Å²) in [6.07, 6.45) is 0. The van der Waals surface area contributed by atoms with Crippen LogP contribution in [0.3, 0.4) is 0 Å². The first-order valence-corrected chi connectivity index (χ1v) is 25.9. The fourth-order valence-electron chi connectivity index (χ4n) is 10.4. The van der Waals surface area contributed by atoms with Crippen molar-refractivity contribution in [3.05, 3.63) is 266 Å². The first-order valence-electron chi connectivity index (χ1n) is 25.9. The first kappa shape index (κ1) is 46.6. The lowest BCUT2D eigenvalue weighted by Gasteiger charge is -2.13. The van der Waals surface area contributed by atoms with Crippen LogP contribution in [0.25, 0.3) is 123 Å². The first-order chi connectivity index (χ1) is 37.9. The van der Waals surface area contributed by atoms with Crippen LogP contribution in [-0.4, -0.2) is 39.0 Å². The van der Waals surface area contributed by atoms with Gasteiger partial charge >= 0.3 is 0 Å². The highest BCUT2D eigenvalue weighted by Gasteiger charge is 2.21. The molecule has 0 aliphatic rings. The second kappa shape index (κ2) is 19.9. The van der Waals surface area contributed by atoms with Crippen LogP contribution in [-0.2, 0) is 0 Å². The Kier molecular flexibility index (Phi) is 12.1. The van der Waals surface area contributed by atoms with Gasteiger partial charge in [0.25, 0.3) is 0 Å². The Hall–Kier alpha value is -10.2. The van der Waals surface area contributed by atoms with Crippen molar-refractivity contribution in [2.45, 2.75) is 20.8 Å². The van der Waals surface area contributed by atoms with Crippen LogP contribution in [0.5, 0.6) is 0 Å². The zero-order valence-electron chi connectivity index (χ0n) is 42.7. The van der Waals surface area contributed by atoms with Gasteiger partial charge in [-0.15, -0.1) is 0 Å². The Morgan fingerprint density at radius 3 is 1.06 bits per heavy atom. The molecule has 8 nitrogen and oxygen atoms in total. The van der Waals surface area contributed by atoms with Crippen molar-refractivity contribution in [1.29, 1.82) is 0 Å². The SMILES string of the molecule is Cc1ccc(-c2cccc3c4ccccc4n(-c4ccc(-c5nc(C)nc(-c6ccccc6)n5)cc4)c23)cc1.Cc1ccc(-c2cccc3c4ccccc4n(-c4nc(-c5ccccc5)nc(-c5ccccc5)n4)c23)cc1. The quantitative estimate of drug-likeness (QED) is 0.151. The molecule has 0 atom stereocenters. The van der Waals surface area contributed by atoms with Gasteiger partial charge in [0.1, 0.15) is 5.82 Å². The van der Waals surface area contributed by atoms with E-state index in [0.717, 1.165) is 50.1 Å². The maximum atomic E-state index is 5.06. The van der Waals surface area contributed by atoms with E-state index in [1.807, 2.05) is 97.9 Å². The van der Waals surface area contributed by atoms with Crippen LogP contribution in [0, 0.1) is 20.8 Å². The summed E-state index contributed by atoms with van der Waals surface area (Å²) in [5.74, 6) is 3.96. The van der Waals surface area contributed by atoms with Crippen molar-refractivity contribution < 1.29 is 0 Å². The smallest absolute Gasteiger partial charge is 0.238 e. The lowest BCUT2D eigenvalue weighted by atomic mass is 10.0. The Labute approximate surface area is 446 Å². The molecule has 0 amide bonds. The molecule has 0 N–H and O–H groups in total. The third-order valence-electron chi connectivity index (χ3n) is 14.2. The standard InChI is InChI=1S/C35H26N4.C34H24N4/c1-23-15-17-25(18-16-23)29-12-8-13-31-30-11-6-7-14-32(30)39(33(29)31)28-21-19-27(20-22-28)35-37-24(2)36-34(38-35)26-9-4-3-5-10-26;1-23-19-21-24(22-20-23)27-16-10-17-29-28-15-8-9-18-30(28)38(31(27)29)34-36-32(25-11-4-2-5-12-25)35-33(37-34)26-13-6-3-7-14-26/h3-22H,1-2H3;2-22H,1H3. The number of para-hydroxylation sites is 4. The number of rotatable bonds is 8. The molecular weight excluding hydrogens is 941 g/mol. The van der Waals surface area contributed by atoms with E-state index in [0.29, 0.717) is 35.1 Å². The van der Waals surface area contributed by atoms with E-state index in [4.69, 9.17) is 19.9 Å². The molecule has 0 aliphatic heterocycles. The van der Waals surface area contributed by atoms with Crippen molar-refractivity contribution in [1.82, 2.24) is 39.0 Å². The molecule has 0 fully saturated rings. The molecule has 0 unspecified atom stereocenters. The Morgan fingerprint density at radius 1 is 0.260 bits per heavy atom. The minimum Gasteiger partial charge on any atom is -0.309 e. The van der Waals surface area contributed by atoms with E-state index in [-0.39, 0.29) is 0 Å². The van der Waals surface area contributed by atoms with E-state index in [2.05, 4.69) is 191 Å². The summed E-state index contributed by atoms with van der Waals surface area (Å²) < 4.78 is 4.57. The van der Waals surface area contributed by atoms with Gasteiger partial charge in [0.05, 0.1) is 22.1 Å². The summed E-state index contributed by atoms with van der Waals surface area (Å²) in [6, 6.07) is 86.4. The van der Waals surface area contributed by atoms with Crippen LogP contribution in [0.4, 0.5) is 0 Å². The predicted molar refractivity (Wildman–Crippen MR) is 315 cm³/mol. The normalized spacial score (nSPS) is 11.3. The monoisotopic (exact) mass is 990 g/mol. The molecular formula is C69H50N8. The minimum atomic E-state index is 0.600. The van der Waals surface area contributed by atoms with E-state index >= 15 is 0 Å². The van der Waals surface area contributed by atoms with Gasteiger partial charge < -0.3 is 4.57 Å². The van der Waals surface area contributed by atoms with E-state index < -0.39 is 0 Å². The minimum absolute atomic E-state index is 0.600. The van der Waals surface area contributed by atoms with Gasteiger partial charge in [-0.1, -0.05) is 223 Å². The lowest BCUT2D eigenvalue weighted by Crippen LogP contribution is -2.06. The molecule has 8 heteroatoms. The molecule has 0 saturated carbocycles. The molecule has 0 bridgehead atoms. The topological polar surface area (TPSA) is 87.2 Å². The van der Waals surface area contributed by atoms with Gasteiger partial charge in [-0.3, -0.25) is 4.57 Å². The Balaban J connectivity index is 0.000000147. The maximum Gasteiger partial charge on any atom is 0.238 e. The summed E-state index contributed by atoms with van der Waals surface area (Å²) in [6.45, 7) is 6.15. The molecule has 0 saturated heterocycles. The van der Waals surface area contributed by atoms with Gasteiger partial charge in [0, 0.05) is 60.6 Å². The van der Waals surface area contributed by atoms with Gasteiger partial charge in [0.2, 0.25) is 5.95 Å². The largest absolute Gasteiger partial charge is 0.309 e. The molecule has 14 rings (SSSR count).